The number of carbonyl (C=O) groups excluding carboxylic acids is 1. The van der Waals surface area contributed by atoms with Crippen LogP contribution >= 0.6 is 0 Å². The van der Waals surface area contributed by atoms with Crippen LogP contribution in [0.3, 0.4) is 0 Å². The van der Waals surface area contributed by atoms with Crippen molar-refractivity contribution in [1.82, 2.24) is 4.98 Å². The minimum Gasteiger partial charge on any atom is -0.385 e. The summed E-state index contributed by atoms with van der Waals surface area (Å²) >= 11 is 0. The molecule has 0 spiro atoms. The molecule has 0 saturated heterocycles. The van der Waals surface area contributed by atoms with Crippen LogP contribution in [-0.2, 0) is 4.74 Å². The quantitative estimate of drug-likeness (QED) is 0.834. The Hall–Kier alpha value is -1.78. The lowest BCUT2D eigenvalue weighted by Gasteiger charge is -2.10. The summed E-state index contributed by atoms with van der Waals surface area (Å²) in [7, 11) is 1.60. The maximum Gasteiger partial charge on any atom is 0.179 e. The van der Waals surface area contributed by atoms with E-state index in [2.05, 4.69) is 4.98 Å². The second kappa shape index (κ2) is 5.91. The van der Waals surface area contributed by atoms with Crippen LogP contribution in [0.4, 0.5) is 0 Å². The molecule has 4 nitrogen and oxygen atoms in total. The number of nitrogens with two attached hydrogens (primary N) is 1. The zero-order chi connectivity index (χ0) is 13.8. The van der Waals surface area contributed by atoms with Crippen molar-refractivity contribution in [3.8, 4) is 0 Å². The number of fused-ring (bicyclic) bond motifs is 1. The highest BCUT2D eigenvalue weighted by Gasteiger charge is 2.15. The van der Waals surface area contributed by atoms with Gasteiger partial charge in [0.15, 0.2) is 5.78 Å². The van der Waals surface area contributed by atoms with Crippen LogP contribution in [0.5, 0.6) is 0 Å². The van der Waals surface area contributed by atoms with Crippen molar-refractivity contribution in [1.29, 1.82) is 0 Å². The van der Waals surface area contributed by atoms with Crippen LogP contribution in [0.25, 0.3) is 10.9 Å². The van der Waals surface area contributed by atoms with E-state index in [1.165, 1.54) is 0 Å². The number of hydrogen-bond donors (Lipinski definition) is 1. The Balaban J connectivity index is 2.25. The Bertz CT molecular complexity index is 596. The van der Waals surface area contributed by atoms with Gasteiger partial charge in [0, 0.05) is 30.4 Å². The van der Waals surface area contributed by atoms with E-state index in [1.54, 1.807) is 13.2 Å². The number of benzene rings is 1. The highest BCUT2D eigenvalue weighted by atomic mass is 16.5. The van der Waals surface area contributed by atoms with Gasteiger partial charge in [-0.3, -0.25) is 9.78 Å². The average Bonchev–Trinajstić information content (AvgIpc) is 2.43. The lowest BCUT2D eigenvalue weighted by atomic mass is 10.0. The molecule has 0 aliphatic rings. The molecule has 0 amide bonds. The third-order valence-corrected chi connectivity index (χ3v) is 3.08. The number of aromatic nitrogens is 1. The van der Waals surface area contributed by atoms with Gasteiger partial charge in [-0.1, -0.05) is 6.07 Å². The van der Waals surface area contributed by atoms with Gasteiger partial charge in [-0.15, -0.1) is 0 Å². The van der Waals surface area contributed by atoms with E-state index in [1.807, 2.05) is 31.2 Å². The van der Waals surface area contributed by atoms with Crippen LogP contribution in [0.15, 0.2) is 30.3 Å². The molecule has 0 aliphatic carbocycles. The SMILES string of the molecule is COCCC(N)C(=O)c1ccc2nc(C)ccc2c1. The van der Waals surface area contributed by atoms with E-state index in [-0.39, 0.29) is 5.78 Å². The average molecular weight is 258 g/mol. The predicted octanol–water partition coefficient (Wildman–Crippen LogP) is 2.09. The predicted molar refractivity (Wildman–Crippen MR) is 75.3 cm³/mol. The summed E-state index contributed by atoms with van der Waals surface area (Å²) in [6, 6.07) is 8.87. The largest absolute Gasteiger partial charge is 0.385 e. The summed E-state index contributed by atoms with van der Waals surface area (Å²) in [5.41, 5.74) is 8.34. The molecule has 2 rings (SSSR count). The molecule has 0 bridgehead atoms. The van der Waals surface area contributed by atoms with Crippen molar-refractivity contribution in [2.75, 3.05) is 13.7 Å². The van der Waals surface area contributed by atoms with Crippen LogP contribution in [0.2, 0.25) is 0 Å². The first-order valence-corrected chi connectivity index (χ1v) is 6.28. The van der Waals surface area contributed by atoms with Gasteiger partial charge in [0.2, 0.25) is 0 Å². The van der Waals surface area contributed by atoms with Crippen LogP contribution in [0, 0.1) is 6.92 Å². The van der Waals surface area contributed by atoms with Gasteiger partial charge in [0.05, 0.1) is 11.6 Å². The van der Waals surface area contributed by atoms with Gasteiger partial charge < -0.3 is 10.5 Å². The van der Waals surface area contributed by atoms with Crippen molar-refractivity contribution in [3.63, 3.8) is 0 Å². The van der Waals surface area contributed by atoms with E-state index < -0.39 is 6.04 Å². The van der Waals surface area contributed by atoms with Gasteiger partial charge in [0.1, 0.15) is 0 Å². The molecule has 1 unspecified atom stereocenters. The molecule has 0 fully saturated rings. The molecule has 1 atom stereocenters. The first kappa shape index (κ1) is 13.6. The Morgan fingerprint density at radius 3 is 2.89 bits per heavy atom. The van der Waals surface area contributed by atoms with Gasteiger partial charge in [-0.25, -0.2) is 0 Å². The Morgan fingerprint density at radius 2 is 2.16 bits per heavy atom. The minimum absolute atomic E-state index is 0.0560. The molecule has 1 heterocycles. The van der Waals surface area contributed by atoms with E-state index >= 15 is 0 Å². The molecule has 2 aromatic rings. The fraction of sp³-hybridized carbons (Fsp3) is 0.333. The number of aryl methyl sites for hydroxylation is 1. The Morgan fingerprint density at radius 1 is 1.37 bits per heavy atom. The molecular weight excluding hydrogens is 240 g/mol. The number of ether oxygens (including phenoxy) is 1. The molecule has 100 valence electrons. The second-order valence-corrected chi connectivity index (χ2v) is 4.61. The third kappa shape index (κ3) is 3.16. The maximum atomic E-state index is 12.2. The number of carbonyl (C=O) groups is 1. The van der Waals surface area contributed by atoms with Crippen molar-refractivity contribution in [3.05, 3.63) is 41.6 Å². The topological polar surface area (TPSA) is 65.2 Å². The lowest BCUT2D eigenvalue weighted by molar-refractivity contribution is 0.0935. The van der Waals surface area contributed by atoms with E-state index in [4.69, 9.17) is 10.5 Å². The Labute approximate surface area is 112 Å². The monoisotopic (exact) mass is 258 g/mol. The van der Waals surface area contributed by atoms with Crippen molar-refractivity contribution >= 4 is 16.7 Å². The van der Waals surface area contributed by atoms with E-state index in [9.17, 15) is 4.79 Å². The third-order valence-electron chi connectivity index (χ3n) is 3.08. The fourth-order valence-electron chi connectivity index (χ4n) is 1.97. The van der Waals surface area contributed by atoms with Crippen molar-refractivity contribution < 1.29 is 9.53 Å². The lowest BCUT2D eigenvalue weighted by Crippen LogP contribution is -2.31. The second-order valence-electron chi connectivity index (χ2n) is 4.61. The van der Waals surface area contributed by atoms with Crippen LogP contribution < -0.4 is 5.73 Å². The number of Topliss-reactive ketones (excluding diaryl/α,β-unsaturated/α-hetero) is 1. The minimum atomic E-state index is -0.518. The number of hydrogen-bond acceptors (Lipinski definition) is 4. The summed E-state index contributed by atoms with van der Waals surface area (Å²) in [6.45, 7) is 2.43. The molecule has 0 aliphatic heterocycles. The van der Waals surface area contributed by atoms with Gasteiger partial charge in [-0.2, -0.15) is 0 Å². The number of methoxy groups -OCH3 is 1. The van der Waals surface area contributed by atoms with Crippen LogP contribution in [0.1, 0.15) is 22.5 Å². The smallest absolute Gasteiger partial charge is 0.179 e. The number of rotatable bonds is 5. The number of ketones is 1. The van der Waals surface area contributed by atoms with Crippen molar-refractivity contribution in [2.45, 2.75) is 19.4 Å². The van der Waals surface area contributed by atoms with E-state index in [0.717, 1.165) is 16.6 Å². The zero-order valence-electron chi connectivity index (χ0n) is 11.2. The molecule has 1 aromatic heterocycles. The molecular formula is C15H18N2O2. The van der Waals surface area contributed by atoms with Crippen LogP contribution in [-0.4, -0.2) is 30.5 Å². The molecule has 0 radical (unpaired) electrons. The summed E-state index contributed by atoms with van der Waals surface area (Å²) in [5.74, 6) is -0.0560. The van der Waals surface area contributed by atoms with Gasteiger partial charge in [0.25, 0.3) is 0 Å². The highest BCUT2D eigenvalue weighted by molar-refractivity contribution is 6.02. The van der Waals surface area contributed by atoms with Gasteiger partial charge in [-0.05, 0) is 37.6 Å². The fourth-order valence-corrected chi connectivity index (χ4v) is 1.97. The molecule has 4 heteroatoms. The zero-order valence-corrected chi connectivity index (χ0v) is 11.2. The highest BCUT2D eigenvalue weighted by Crippen LogP contribution is 2.16. The molecule has 0 saturated carbocycles. The van der Waals surface area contributed by atoms with Gasteiger partial charge >= 0.3 is 0 Å². The summed E-state index contributed by atoms with van der Waals surface area (Å²) in [4.78, 5) is 16.6. The summed E-state index contributed by atoms with van der Waals surface area (Å²) < 4.78 is 4.94. The molecule has 1 aromatic carbocycles. The Kier molecular flexibility index (Phi) is 4.24. The number of pyridine rings is 1. The standard InChI is InChI=1S/C15H18N2O2/c1-10-3-4-11-9-12(5-6-14(11)17-10)15(18)13(16)7-8-19-2/h3-6,9,13H,7-8,16H2,1-2H3. The molecule has 2 N–H and O–H groups in total. The van der Waals surface area contributed by atoms with E-state index in [0.29, 0.717) is 18.6 Å². The first-order chi connectivity index (χ1) is 9.11. The maximum absolute atomic E-state index is 12.2. The summed E-state index contributed by atoms with van der Waals surface area (Å²) in [5, 5.41) is 0.954. The number of nitrogens with zero attached hydrogens (tertiary/aromatic N) is 1. The first-order valence-electron chi connectivity index (χ1n) is 6.28. The summed E-state index contributed by atoms with van der Waals surface area (Å²) in [6.07, 6.45) is 0.527. The normalized spacial score (nSPS) is 12.6. The molecule has 19 heavy (non-hydrogen) atoms. The van der Waals surface area contributed by atoms with Crippen molar-refractivity contribution in [2.24, 2.45) is 5.73 Å².